The van der Waals surface area contributed by atoms with Crippen molar-refractivity contribution in [1.82, 2.24) is 25.1 Å². The number of anilines is 2. The number of alkyl halides is 4. The highest BCUT2D eigenvalue weighted by Crippen LogP contribution is 2.29. The Bertz CT molecular complexity index is 1170. The molecule has 0 fully saturated rings. The lowest BCUT2D eigenvalue weighted by Gasteiger charge is -2.30. The molecule has 1 atom stereocenters. The summed E-state index contributed by atoms with van der Waals surface area (Å²) in [5.74, 6) is -0.791. The molecule has 0 saturated carbocycles. The molecule has 4 rings (SSSR count). The zero-order valence-corrected chi connectivity index (χ0v) is 17.3. The smallest absolute Gasteiger partial charge is 0.406 e. The first-order chi connectivity index (χ1) is 16.2. The number of carbonyl (C=O) groups is 2. The number of fused-ring (bicyclic) bond motifs is 1. The zero-order valence-electron chi connectivity index (χ0n) is 17.3. The minimum atomic E-state index is -4.84. The van der Waals surface area contributed by atoms with Crippen LogP contribution in [0.1, 0.15) is 17.2 Å². The molecule has 0 radical (unpaired) electrons. The molecule has 1 unspecified atom stereocenters. The van der Waals surface area contributed by atoms with Crippen LogP contribution in [0, 0.1) is 0 Å². The van der Waals surface area contributed by atoms with Gasteiger partial charge in [-0.3, -0.25) is 14.4 Å². The number of rotatable bonds is 6. The number of carbonyl (C=O) groups excluding carboxylic acids is 2. The second-order valence-corrected chi connectivity index (χ2v) is 7.22. The van der Waals surface area contributed by atoms with Crippen LogP contribution < -0.4 is 20.3 Å². The first-order valence-corrected chi connectivity index (χ1v) is 9.83. The number of pyridine rings is 1. The number of ether oxygens (including phenoxy) is 1. The van der Waals surface area contributed by atoms with Gasteiger partial charge in [-0.1, -0.05) is 12.1 Å². The number of amides is 3. The molecule has 10 nitrogen and oxygen atoms in total. The molecule has 3 heterocycles. The van der Waals surface area contributed by atoms with Crippen LogP contribution in [0.5, 0.6) is 5.75 Å². The van der Waals surface area contributed by atoms with Gasteiger partial charge in [0.2, 0.25) is 5.91 Å². The van der Waals surface area contributed by atoms with Gasteiger partial charge in [0, 0.05) is 11.8 Å². The molecule has 0 bridgehead atoms. The van der Waals surface area contributed by atoms with E-state index in [2.05, 4.69) is 30.4 Å². The monoisotopic (exact) mass is 479 g/mol. The fourth-order valence-corrected chi connectivity index (χ4v) is 3.33. The fraction of sp³-hybridized carbons (Fsp3) is 0.250. The van der Waals surface area contributed by atoms with Crippen LogP contribution in [-0.2, 0) is 18.0 Å². The molecule has 3 aromatic rings. The summed E-state index contributed by atoms with van der Waals surface area (Å²) in [7, 11) is 0. The van der Waals surface area contributed by atoms with E-state index in [1.165, 1.54) is 41.7 Å². The summed E-state index contributed by atoms with van der Waals surface area (Å²) in [5, 5.41) is 9.28. The second-order valence-electron chi connectivity index (χ2n) is 7.22. The van der Waals surface area contributed by atoms with Crippen molar-refractivity contribution in [2.45, 2.75) is 25.6 Å². The normalized spacial score (nSPS) is 14.2. The number of hydrogen-bond donors (Lipinski definition) is 2. The number of benzene rings is 1. The number of hydrogen-bond acceptors (Lipinski definition) is 6. The number of aromatic nitrogens is 4. The molecule has 14 heteroatoms. The summed E-state index contributed by atoms with van der Waals surface area (Å²) in [6, 6.07) is 4.88. The van der Waals surface area contributed by atoms with Crippen LogP contribution in [-0.4, -0.2) is 44.6 Å². The minimum absolute atomic E-state index is 0.0896. The summed E-state index contributed by atoms with van der Waals surface area (Å²) in [5.41, 5.74) is 0.857. The van der Waals surface area contributed by atoms with Crippen LogP contribution >= 0.6 is 0 Å². The van der Waals surface area contributed by atoms with Gasteiger partial charge in [0.1, 0.15) is 31.6 Å². The van der Waals surface area contributed by atoms with Gasteiger partial charge in [-0.25, -0.2) is 19.2 Å². The largest absolute Gasteiger partial charge is 0.573 e. The molecule has 34 heavy (non-hydrogen) atoms. The summed E-state index contributed by atoms with van der Waals surface area (Å²) in [6.07, 6.45) is -0.892. The molecular weight excluding hydrogens is 462 g/mol. The molecule has 0 aliphatic carbocycles. The molecule has 3 amide bonds. The van der Waals surface area contributed by atoms with E-state index in [4.69, 9.17) is 0 Å². The minimum Gasteiger partial charge on any atom is -0.406 e. The fourth-order valence-electron chi connectivity index (χ4n) is 3.33. The Balaban J connectivity index is 1.58. The Hall–Kier alpha value is -4.23. The lowest BCUT2D eigenvalue weighted by molar-refractivity contribution is -0.274. The maximum Gasteiger partial charge on any atom is 0.573 e. The highest BCUT2D eigenvalue weighted by molar-refractivity contribution is 6.08. The van der Waals surface area contributed by atoms with Gasteiger partial charge in [-0.2, -0.15) is 5.10 Å². The Kier molecular flexibility index (Phi) is 6.30. The van der Waals surface area contributed by atoms with Crippen molar-refractivity contribution < 1.29 is 31.9 Å². The first kappa shape index (κ1) is 22.9. The number of nitrogens with zero attached hydrogens (tertiary/aromatic N) is 5. The molecule has 1 aliphatic rings. The quantitative estimate of drug-likeness (QED) is 0.526. The lowest BCUT2D eigenvalue weighted by atomic mass is 10.1. The van der Waals surface area contributed by atoms with Crippen LogP contribution in [0.15, 0.2) is 49.2 Å². The van der Waals surface area contributed by atoms with Gasteiger partial charge in [-0.05, 0) is 23.8 Å². The molecule has 1 aromatic carbocycles. The average Bonchev–Trinajstić information content (AvgIpc) is 3.30. The predicted octanol–water partition coefficient (Wildman–Crippen LogP) is 2.95. The van der Waals surface area contributed by atoms with Crippen molar-refractivity contribution in [2.75, 3.05) is 16.8 Å². The number of halogens is 4. The van der Waals surface area contributed by atoms with E-state index < -0.39 is 36.8 Å². The number of nitrogens with one attached hydrogen (secondary N) is 2. The van der Waals surface area contributed by atoms with Gasteiger partial charge in [0.15, 0.2) is 5.82 Å². The number of urea groups is 1. The Morgan fingerprint density at radius 2 is 2.03 bits per heavy atom. The van der Waals surface area contributed by atoms with Gasteiger partial charge < -0.3 is 15.4 Å². The van der Waals surface area contributed by atoms with Gasteiger partial charge >= 0.3 is 12.4 Å². The standard InChI is InChI=1S/C20H17F4N7O3/c21-6-12-5-15-18(26-7-12)31(9-17(32)28-15)19(33)29-16(8-30-11-25-10-27-30)13-1-3-14(4-2-13)34-20(22,23)24/h1-5,7,10-11,16H,6,8-9H2,(H,28,32)(H,29,33). The summed E-state index contributed by atoms with van der Waals surface area (Å²) < 4.78 is 55.7. The predicted molar refractivity (Wildman–Crippen MR) is 109 cm³/mol. The average molecular weight is 479 g/mol. The summed E-state index contributed by atoms with van der Waals surface area (Å²) >= 11 is 0. The third-order valence-electron chi connectivity index (χ3n) is 4.80. The van der Waals surface area contributed by atoms with E-state index in [-0.39, 0.29) is 30.2 Å². The van der Waals surface area contributed by atoms with E-state index in [0.717, 1.165) is 17.0 Å². The van der Waals surface area contributed by atoms with Crippen molar-refractivity contribution in [1.29, 1.82) is 0 Å². The van der Waals surface area contributed by atoms with Crippen molar-refractivity contribution >= 4 is 23.4 Å². The molecule has 0 spiro atoms. The summed E-state index contributed by atoms with van der Waals surface area (Å²) in [4.78, 5) is 34.3. The van der Waals surface area contributed by atoms with E-state index in [0.29, 0.717) is 5.56 Å². The van der Waals surface area contributed by atoms with Crippen molar-refractivity contribution in [3.8, 4) is 5.75 Å². The van der Waals surface area contributed by atoms with E-state index in [9.17, 15) is 27.2 Å². The highest BCUT2D eigenvalue weighted by Gasteiger charge is 2.32. The molecular formula is C20H17F4N7O3. The lowest BCUT2D eigenvalue weighted by Crippen LogP contribution is -2.49. The Labute approximate surface area is 189 Å². The Morgan fingerprint density at radius 1 is 1.26 bits per heavy atom. The third-order valence-corrected chi connectivity index (χ3v) is 4.80. The maximum absolute atomic E-state index is 13.1. The molecule has 1 aliphatic heterocycles. The van der Waals surface area contributed by atoms with Crippen molar-refractivity contribution in [3.63, 3.8) is 0 Å². The molecule has 0 saturated heterocycles. The molecule has 178 valence electrons. The zero-order chi connectivity index (χ0) is 24.3. The van der Waals surface area contributed by atoms with E-state index in [1.54, 1.807) is 0 Å². The van der Waals surface area contributed by atoms with Gasteiger partial charge in [0.25, 0.3) is 0 Å². The van der Waals surface area contributed by atoms with Crippen molar-refractivity contribution in [3.05, 3.63) is 60.3 Å². The Morgan fingerprint density at radius 3 is 2.68 bits per heavy atom. The summed E-state index contributed by atoms with van der Waals surface area (Å²) in [6.45, 7) is -1.04. The van der Waals surface area contributed by atoms with E-state index >= 15 is 0 Å². The topological polar surface area (TPSA) is 114 Å². The SMILES string of the molecule is O=C1CN(C(=O)NC(Cn2cncn2)c2ccc(OC(F)(F)F)cc2)c2ncc(CF)cc2N1. The van der Waals surface area contributed by atoms with Crippen molar-refractivity contribution in [2.24, 2.45) is 0 Å². The molecule has 2 N–H and O–H groups in total. The van der Waals surface area contributed by atoms with Crippen LogP contribution in [0.25, 0.3) is 0 Å². The first-order valence-electron chi connectivity index (χ1n) is 9.83. The highest BCUT2D eigenvalue weighted by atomic mass is 19.4. The maximum atomic E-state index is 13.1. The van der Waals surface area contributed by atoms with Gasteiger partial charge in [-0.15, -0.1) is 13.2 Å². The van der Waals surface area contributed by atoms with Crippen LogP contribution in [0.4, 0.5) is 33.9 Å². The van der Waals surface area contributed by atoms with Gasteiger partial charge in [0.05, 0.1) is 18.3 Å². The van der Waals surface area contributed by atoms with E-state index in [1.807, 2.05) is 0 Å². The molecule has 2 aromatic heterocycles. The second kappa shape index (κ2) is 9.33. The van der Waals surface area contributed by atoms with Crippen LogP contribution in [0.3, 0.4) is 0 Å². The van der Waals surface area contributed by atoms with Crippen LogP contribution in [0.2, 0.25) is 0 Å². The third kappa shape index (κ3) is 5.39.